The van der Waals surface area contributed by atoms with Crippen LogP contribution < -0.4 is 10.0 Å². The number of aryl methyl sites for hydroxylation is 1. The smallest absolute Gasteiger partial charge is 0.358 e. The molecule has 164 valence electrons. The first-order valence-corrected chi connectivity index (χ1v) is 10.7. The molecule has 0 aliphatic carbocycles. The molecule has 29 heavy (non-hydrogen) atoms. The number of hydrogen-bond donors (Lipinski definition) is 3. The van der Waals surface area contributed by atoms with Crippen LogP contribution in [0, 0.1) is 17.7 Å². The van der Waals surface area contributed by atoms with Gasteiger partial charge in [0.2, 0.25) is 10.0 Å². The number of nitrogens with one attached hydrogen (secondary N) is 2. The van der Waals surface area contributed by atoms with E-state index in [1.807, 2.05) is 0 Å². The summed E-state index contributed by atoms with van der Waals surface area (Å²) in [7, 11) is -3.03. The Kier molecular flexibility index (Phi) is 7.74. The zero-order valence-corrected chi connectivity index (χ0v) is 17.3. The number of hydrogen-bond acceptors (Lipinski definition) is 8. The molecule has 0 radical (unpaired) electrons. The Morgan fingerprint density at radius 2 is 2.00 bits per heavy atom. The predicted octanol–water partition coefficient (Wildman–Crippen LogP) is -0.621. The number of carbonyl (C=O) groups excluding carboxylic acids is 2. The van der Waals surface area contributed by atoms with Crippen molar-refractivity contribution in [1.29, 1.82) is 0 Å². The minimum atomic E-state index is -4.36. The Balaban J connectivity index is 2.27. The first-order chi connectivity index (χ1) is 13.7. The highest BCUT2D eigenvalue weighted by Gasteiger charge is 2.41. The van der Waals surface area contributed by atoms with E-state index < -0.39 is 62.9 Å². The zero-order chi connectivity index (χ0) is 21.8. The summed E-state index contributed by atoms with van der Waals surface area (Å²) >= 11 is 0. The molecule has 0 amide bonds. The standard InChI is InChI=1S/C17H26FN3O7S/c1-4-27-16(23)11(9-22)10-6-19-7-12(10)20-29(25,26)13-8-21(3)15(14(13)18)17(24)28-5-2/h8,10-12,19-20,22H,4-7,9H2,1-3H3. The largest absolute Gasteiger partial charge is 0.466 e. The van der Waals surface area contributed by atoms with Crippen molar-refractivity contribution in [1.82, 2.24) is 14.6 Å². The third-order valence-electron chi connectivity index (χ3n) is 4.72. The summed E-state index contributed by atoms with van der Waals surface area (Å²) in [5, 5.41) is 12.5. The number of sulfonamides is 1. The summed E-state index contributed by atoms with van der Waals surface area (Å²) < 4.78 is 53.4. The lowest BCUT2D eigenvalue weighted by Crippen LogP contribution is -2.45. The van der Waals surface area contributed by atoms with E-state index in [4.69, 9.17) is 9.47 Å². The van der Waals surface area contributed by atoms with Crippen LogP contribution in [-0.2, 0) is 31.3 Å². The van der Waals surface area contributed by atoms with Crippen LogP contribution >= 0.6 is 0 Å². The third-order valence-corrected chi connectivity index (χ3v) is 6.19. The number of aliphatic hydroxyl groups is 1. The maximum atomic E-state index is 14.7. The quantitative estimate of drug-likeness (QED) is 0.437. The second-order valence-corrected chi connectivity index (χ2v) is 8.26. The van der Waals surface area contributed by atoms with Crippen LogP contribution in [0.5, 0.6) is 0 Å². The second-order valence-electron chi connectivity index (χ2n) is 6.58. The van der Waals surface area contributed by atoms with E-state index >= 15 is 0 Å². The molecule has 1 aromatic heterocycles. The summed E-state index contributed by atoms with van der Waals surface area (Å²) in [6.45, 7) is 3.23. The molecule has 0 aromatic carbocycles. The molecule has 10 nitrogen and oxygen atoms in total. The molecule has 1 saturated heterocycles. The number of rotatable bonds is 9. The van der Waals surface area contributed by atoms with E-state index in [0.29, 0.717) is 0 Å². The molecule has 3 N–H and O–H groups in total. The Labute approximate surface area is 168 Å². The molecule has 1 fully saturated rings. The molecule has 1 aliphatic heterocycles. The Morgan fingerprint density at radius 1 is 1.34 bits per heavy atom. The molecule has 1 aromatic rings. The molecule has 12 heteroatoms. The van der Waals surface area contributed by atoms with Gasteiger partial charge in [0.15, 0.2) is 11.5 Å². The van der Waals surface area contributed by atoms with Gasteiger partial charge in [-0.1, -0.05) is 0 Å². The van der Waals surface area contributed by atoms with Crippen molar-refractivity contribution in [3.05, 3.63) is 17.7 Å². The molecule has 0 saturated carbocycles. The third kappa shape index (κ3) is 4.94. The minimum absolute atomic E-state index is 0.00954. The molecular formula is C17H26FN3O7S. The number of esters is 2. The summed E-state index contributed by atoms with van der Waals surface area (Å²) in [4.78, 5) is 23.3. The lowest BCUT2D eigenvalue weighted by atomic mass is 9.89. The molecule has 2 rings (SSSR count). The first kappa shape index (κ1) is 23.3. The highest BCUT2D eigenvalue weighted by atomic mass is 32.2. The van der Waals surface area contributed by atoms with Gasteiger partial charge in [-0.15, -0.1) is 0 Å². The van der Waals surface area contributed by atoms with Crippen molar-refractivity contribution in [2.24, 2.45) is 18.9 Å². The average Bonchev–Trinajstić information content (AvgIpc) is 3.20. The number of aromatic nitrogens is 1. The van der Waals surface area contributed by atoms with Crippen LogP contribution in [0.1, 0.15) is 24.3 Å². The second kappa shape index (κ2) is 9.65. The molecular weight excluding hydrogens is 409 g/mol. The summed E-state index contributed by atoms with van der Waals surface area (Å²) in [5.41, 5.74) is -0.506. The first-order valence-electron chi connectivity index (χ1n) is 9.20. The van der Waals surface area contributed by atoms with E-state index in [0.717, 1.165) is 10.8 Å². The monoisotopic (exact) mass is 435 g/mol. The lowest BCUT2D eigenvalue weighted by molar-refractivity contribution is -0.151. The number of ether oxygens (including phenoxy) is 2. The van der Waals surface area contributed by atoms with Gasteiger partial charge < -0.3 is 24.5 Å². The summed E-state index contributed by atoms with van der Waals surface area (Å²) in [6, 6.07) is -0.785. The number of nitrogens with zero attached hydrogens (tertiary/aromatic N) is 1. The van der Waals surface area contributed by atoms with Gasteiger partial charge >= 0.3 is 11.9 Å². The lowest BCUT2D eigenvalue weighted by Gasteiger charge is -2.25. The molecule has 1 aliphatic rings. The topological polar surface area (TPSA) is 136 Å². The molecule has 0 bridgehead atoms. The zero-order valence-electron chi connectivity index (χ0n) is 16.5. The van der Waals surface area contributed by atoms with Gasteiger partial charge in [0.05, 0.1) is 25.7 Å². The Hall–Kier alpha value is -2.02. The maximum absolute atomic E-state index is 14.7. The average molecular weight is 435 g/mol. The minimum Gasteiger partial charge on any atom is -0.466 e. The van der Waals surface area contributed by atoms with Crippen LogP contribution in [0.15, 0.2) is 11.1 Å². The maximum Gasteiger partial charge on any atom is 0.358 e. The van der Waals surface area contributed by atoms with E-state index in [2.05, 4.69) is 10.0 Å². The van der Waals surface area contributed by atoms with Gasteiger partial charge in [0.1, 0.15) is 4.90 Å². The van der Waals surface area contributed by atoms with Crippen molar-refractivity contribution in [3.63, 3.8) is 0 Å². The van der Waals surface area contributed by atoms with Gasteiger partial charge in [0.25, 0.3) is 0 Å². The van der Waals surface area contributed by atoms with Crippen molar-refractivity contribution in [2.75, 3.05) is 32.9 Å². The Bertz CT molecular complexity index is 855. The fourth-order valence-electron chi connectivity index (χ4n) is 3.34. The fraction of sp³-hybridized carbons (Fsp3) is 0.647. The Morgan fingerprint density at radius 3 is 2.59 bits per heavy atom. The fourth-order valence-corrected chi connectivity index (χ4v) is 4.75. The van der Waals surface area contributed by atoms with Crippen LogP contribution in [0.3, 0.4) is 0 Å². The highest BCUT2D eigenvalue weighted by molar-refractivity contribution is 7.89. The SMILES string of the molecule is CCOC(=O)c1c(F)c(S(=O)(=O)NC2CNCC2C(CO)C(=O)OCC)cn1C. The number of halogens is 1. The van der Waals surface area contributed by atoms with E-state index in [9.17, 15) is 27.5 Å². The van der Waals surface area contributed by atoms with E-state index in [1.54, 1.807) is 13.8 Å². The van der Waals surface area contributed by atoms with Gasteiger partial charge in [-0.3, -0.25) is 4.79 Å². The van der Waals surface area contributed by atoms with Gasteiger partial charge in [-0.2, -0.15) is 0 Å². The summed E-state index contributed by atoms with van der Waals surface area (Å²) in [5.74, 6) is -4.36. The van der Waals surface area contributed by atoms with Crippen molar-refractivity contribution >= 4 is 22.0 Å². The van der Waals surface area contributed by atoms with Crippen molar-refractivity contribution < 1.29 is 37.0 Å². The molecule has 2 heterocycles. The highest BCUT2D eigenvalue weighted by Crippen LogP contribution is 2.25. The van der Waals surface area contributed by atoms with E-state index in [1.165, 1.54) is 7.05 Å². The molecule has 3 unspecified atom stereocenters. The van der Waals surface area contributed by atoms with E-state index in [-0.39, 0.29) is 26.3 Å². The van der Waals surface area contributed by atoms with Crippen LogP contribution in [0.4, 0.5) is 4.39 Å². The van der Waals surface area contributed by atoms with Gasteiger partial charge in [0, 0.05) is 38.3 Å². The van der Waals surface area contributed by atoms with Crippen LogP contribution in [-0.4, -0.2) is 69.0 Å². The van der Waals surface area contributed by atoms with Crippen LogP contribution in [0.25, 0.3) is 0 Å². The normalized spacial score (nSPS) is 20.4. The van der Waals surface area contributed by atoms with Gasteiger partial charge in [-0.25, -0.2) is 22.3 Å². The van der Waals surface area contributed by atoms with Crippen molar-refractivity contribution in [2.45, 2.75) is 24.8 Å². The summed E-state index contributed by atoms with van der Waals surface area (Å²) in [6.07, 6.45) is 0.982. The molecule has 0 spiro atoms. The van der Waals surface area contributed by atoms with Crippen LogP contribution in [0.2, 0.25) is 0 Å². The number of aliphatic hydroxyl groups excluding tert-OH is 1. The van der Waals surface area contributed by atoms with Crippen molar-refractivity contribution in [3.8, 4) is 0 Å². The molecule has 3 atom stereocenters. The predicted molar refractivity (Wildman–Crippen MR) is 99.0 cm³/mol. The van der Waals surface area contributed by atoms with Gasteiger partial charge in [-0.05, 0) is 13.8 Å². The number of carbonyl (C=O) groups is 2.